The minimum Gasteiger partial charge on any atom is -0.468 e. The Hall–Kier alpha value is -0.280. The van der Waals surface area contributed by atoms with Gasteiger partial charge in [0.15, 0.2) is 0 Å². The molecule has 1 saturated heterocycles. The van der Waals surface area contributed by atoms with E-state index in [0.29, 0.717) is 5.88 Å². The van der Waals surface area contributed by atoms with Crippen LogP contribution >= 0.6 is 11.6 Å². The summed E-state index contributed by atoms with van der Waals surface area (Å²) in [7, 11) is 1.41. The number of esters is 1. The lowest BCUT2D eigenvalue weighted by Gasteiger charge is -2.46. The van der Waals surface area contributed by atoms with Gasteiger partial charge in [0, 0.05) is 19.0 Å². The standard InChI is InChI=1S/C8H14ClNO2/c1-3-10-5-8(4-9,6-10)7(11)12-2/h3-6H2,1-2H3. The fraction of sp³-hybridized carbons (Fsp3) is 0.875. The molecule has 0 saturated carbocycles. The fourth-order valence-electron chi connectivity index (χ4n) is 1.52. The van der Waals surface area contributed by atoms with Gasteiger partial charge in [0.05, 0.1) is 7.11 Å². The maximum absolute atomic E-state index is 11.3. The molecular weight excluding hydrogens is 178 g/mol. The number of hydrogen-bond donors (Lipinski definition) is 0. The van der Waals surface area contributed by atoms with Crippen molar-refractivity contribution in [3.05, 3.63) is 0 Å². The highest BCUT2D eigenvalue weighted by molar-refractivity contribution is 6.20. The lowest BCUT2D eigenvalue weighted by molar-refractivity contribution is -0.161. The van der Waals surface area contributed by atoms with Crippen molar-refractivity contribution >= 4 is 17.6 Å². The van der Waals surface area contributed by atoms with Gasteiger partial charge < -0.3 is 9.64 Å². The first-order valence-corrected chi connectivity index (χ1v) is 4.58. The lowest BCUT2D eigenvalue weighted by Crippen LogP contribution is -2.61. The summed E-state index contributed by atoms with van der Waals surface area (Å²) >= 11 is 5.73. The highest BCUT2D eigenvalue weighted by Gasteiger charge is 2.48. The monoisotopic (exact) mass is 191 g/mol. The molecule has 0 atom stereocenters. The van der Waals surface area contributed by atoms with Crippen LogP contribution in [-0.4, -0.2) is 43.5 Å². The molecule has 0 aromatic rings. The molecule has 1 aliphatic rings. The summed E-state index contributed by atoms with van der Waals surface area (Å²) in [5, 5.41) is 0. The van der Waals surface area contributed by atoms with Crippen molar-refractivity contribution in [2.75, 3.05) is 32.6 Å². The second kappa shape index (κ2) is 3.62. The summed E-state index contributed by atoms with van der Waals surface area (Å²) < 4.78 is 4.69. The molecule has 0 aliphatic carbocycles. The van der Waals surface area contributed by atoms with Gasteiger partial charge in [-0.3, -0.25) is 4.79 Å². The van der Waals surface area contributed by atoms with Gasteiger partial charge in [0.2, 0.25) is 0 Å². The molecule has 70 valence electrons. The molecule has 0 N–H and O–H groups in total. The highest BCUT2D eigenvalue weighted by Crippen LogP contribution is 2.32. The van der Waals surface area contributed by atoms with Crippen LogP contribution in [0.15, 0.2) is 0 Å². The first kappa shape index (κ1) is 9.81. The van der Waals surface area contributed by atoms with E-state index in [0.717, 1.165) is 19.6 Å². The summed E-state index contributed by atoms with van der Waals surface area (Å²) in [6, 6.07) is 0. The third-order valence-corrected chi connectivity index (χ3v) is 2.89. The molecule has 0 aromatic heterocycles. The van der Waals surface area contributed by atoms with Gasteiger partial charge in [-0.05, 0) is 6.54 Å². The van der Waals surface area contributed by atoms with Crippen LogP contribution in [0.5, 0.6) is 0 Å². The number of alkyl halides is 1. The minimum atomic E-state index is -0.424. The number of nitrogens with zero attached hydrogens (tertiary/aromatic N) is 1. The molecule has 1 fully saturated rings. The van der Waals surface area contributed by atoms with E-state index in [4.69, 9.17) is 16.3 Å². The third kappa shape index (κ3) is 1.43. The number of ether oxygens (including phenoxy) is 1. The zero-order valence-corrected chi connectivity index (χ0v) is 8.23. The van der Waals surface area contributed by atoms with Crippen LogP contribution in [-0.2, 0) is 9.53 Å². The van der Waals surface area contributed by atoms with Crippen LogP contribution in [0.25, 0.3) is 0 Å². The molecule has 1 rings (SSSR count). The molecule has 3 nitrogen and oxygen atoms in total. The fourth-order valence-corrected chi connectivity index (χ4v) is 1.80. The van der Waals surface area contributed by atoms with Gasteiger partial charge in [-0.1, -0.05) is 6.92 Å². The maximum Gasteiger partial charge on any atom is 0.315 e. The molecule has 0 unspecified atom stereocenters. The van der Waals surface area contributed by atoms with E-state index < -0.39 is 5.41 Å². The van der Waals surface area contributed by atoms with Crippen molar-refractivity contribution in [2.24, 2.45) is 5.41 Å². The van der Waals surface area contributed by atoms with Crippen molar-refractivity contribution in [1.82, 2.24) is 4.90 Å². The van der Waals surface area contributed by atoms with Gasteiger partial charge >= 0.3 is 5.97 Å². The Kier molecular flexibility index (Phi) is 2.96. The molecule has 0 amide bonds. The minimum absolute atomic E-state index is 0.179. The Labute approximate surface area is 77.6 Å². The van der Waals surface area contributed by atoms with Crippen molar-refractivity contribution in [3.63, 3.8) is 0 Å². The smallest absolute Gasteiger partial charge is 0.315 e. The largest absolute Gasteiger partial charge is 0.468 e. The predicted octanol–water partition coefficient (Wildman–Crippen LogP) is 0.720. The quantitative estimate of drug-likeness (QED) is 0.487. The molecule has 12 heavy (non-hydrogen) atoms. The van der Waals surface area contributed by atoms with Crippen LogP contribution < -0.4 is 0 Å². The van der Waals surface area contributed by atoms with E-state index in [1.54, 1.807) is 0 Å². The van der Waals surface area contributed by atoms with Crippen molar-refractivity contribution in [3.8, 4) is 0 Å². The molecule has 4 heteroatoms. The van der Waals surface area contributed by atoms with Crippen LogP contribution in [0.3, 0.4) is 0 Å². The molecule has 1 heterocycles. The molecule has 0 radical (unpaired) electrons. The third-order valence-electron chi connectivity index (χ3n) is 2.37. The topological polar surface area (TPSA) is 29.5 Å². The normalized spacial score (nSPS) is 21.6. The molecule has 1 aliphatic heterocycles. The zero-order valence-electron chi connectivity index (χ0n) is 7.47. The van der Waals surface area contributed by atoms with Gasteiger partial charge in [0.1, 0.15) is 5.41 Å². The maximum atomic E-state index is 11.3. The first-order chi connectivity index (χ1) is 5.68. The predicted molar refractivity (Wildman–Crippen MR) is 47.3 cm³/mol. The van der Waals surface area contributed by atoms with E-state index in [2.05, 4.69) is 11.8 Å². The van der Waals surface area contributed by atoms with E-state index in [1.807, 2.05) is 0 Å². The summed E-state index contributed by atoms with van der Waals surface area (Å²) in [5.41, 5.74) is -0.424. The molecule has 0 spiro atoms. The number of rotatable bonds is 3. The number of halogens is 1. The van der Waals surface area contributed by atoms with E-state index in [-0.39, 0.29) is 5.97 Å². The SMILES string of the molecule is CCN1CC(CCl)(C(=O)OC)C1. The summed E-state index contributed by atoms with van der Waals surface area (Å²) in [5.74, 6) is 0.179. The Morgan fingerprint density at radius 2 is 2.25 bits per heavy atom. The Morgan fingerprint density at radius 1 is 1.67 bits per heavy atom. The van der Waals surface area contributed by atoms with Gasteiger partial charge in [-0.2, -0.15) is 0 Å². The van der Waals surface area contributed by atoms with Crippen LogP contribution in [0, 0.1) is 5.41 Å². The number of likely N-dealkylation sites (tertiary alicyclic amines) is 1. The van der Waals surface area contributed by atoms with Crippen LogP contribution in [0.4, 0.5) is 0 Å². The Balaban J connectivity index is 2.52. The summed E-state index contributed by atoms with van der Waals surface area (Å²) in [6.45, 7) is 4.50. The van der Waals surface area contributed by atoms with Crippen molar-refractivity contribution in [2.45, 2.75) is 6.92 Å². The number of hydrogen-bond acceptors (Lipinski definition) is 3. The van der Waals surface area contributed by atoms with E-state index in [1.165, 1.54) is 7.11 Å². The average molecular weight is 192 g/mol. The number of carbonyl (C=O) groups is 1. The first-order valence-electron chi connectivity index (χ1n) is 4.05. The highest BCUT2D eigenvalue weighted by atomic mass is 35.5. The lowest BCUT2D eigenvalue weighted by atomic mass is 9.82. The van der Waals surface area contributed by atoms with Crippen LogP contribution in [0.1, 0.15) is 6.92 Å². The Morgan fingerprint density at radius 3 is 2.58 bits per heavy atom. The Bertz CT molecular complexity index is 178. The average Bonchev–Trinajstić information content (AvgIpc) is 2.04. The van der Waals surface area contributed by atoms with Gasteiger partial charge in [0.25, 0.3) is 0 Å². The molecule has 0 bridgehead atoms. The second-order valence-corrected chi connectivity index (χ2v) is 3.48. The van der Waals surface area contributed by atoms with E-state index >= 15 is 0 Å². The van der Waals surface area contributed by atoms with Crippen molar-refractivity contribution < 1.29 is 9.53 Å². The van der Waals surface area contributed by atoms with Crippen molar-refractivity contribution in [1.29, 1.82) is 0 Å². The van der Waals surface area contributed by atoms with Gasteiger partial charge in [-0.15, -0.1) is 11.6 Å². The molecule has 0 aromatic carbocycles. The second-order valence-electron chi connectivity index (χ2n) is 3.21. The zero-order chi connectivity index (χ0) is 9.19. The summed E-state index contributed by atoms with van der Waals surface area (Å²) in [6.07, 6.45) is 0. The van der Waals surface area contributed by atoms with E-state index in [9.17, 15) is 4.79 Å². The number of carbonyl (C=O) groups excluding carboxylic acids is 1. The van der Waals surface area contributed by atoms with Gasteiger partial charge in [-0.25, -0.2) is 0 Å². The summed E-state index contributed by atoms with van der Waals surface area (Å²) in [4.78, 5) is 13.4. The number of methoxy groups -OCH3 is 1. The van der Waals surface area contributed by atoms with Crippen LogP contribution in [0.2, 0.25) is 0 Å². The molecular formula is C8H14ClNO2.